The second kappa shape index (κ2) is 4.34. The third kappa shape index (κ3) is 2.06. The first-order valence-corrected chi connectivity index (χ1v) is 6.82. The monoisotopic (exact) mass is 231 g/mol. The zero-order valence-electron chi connectivity index (χ0n) is 10.4. The summed E-state index contributed by atoms with van der Waals surface area (Å²) in [6.45, 7) is 0.727. The zero-order valence-corrected chi connectivity index (χ0v) is 10.4. The number of benzene rings is 1. The Morgan fingerprint density at radius 3 is 2.76 bits per heavy atom. The van der Waals surface area contributed by atoms with Crippen molar-refractivity contribution in [1.29, 1.82) is 0 Å². The number of hydrogen-bond acceptors (Lipinski definition) is 2. The smallest absolute Gasteiger partial charge is 0.123 e. The van der Waals surface area contributed by atoms with Gasteiger partial charge in [-0.15, -0.1) is 0 Å². The van der Waals surface area contributed by atoms with Gasteiger partial charge in [-0.2, -0.15) is 0 Å². The maximum absolute atomic E-state index is 6.24. The van der Waals surface area contributed by atoms with Crippen LogP contribution in [0.5, 0.6) is 5.75 Å². The van der Waals surface area contributed by atoms with Crippen molar-refractivity contribution in [3.05, 3.63) is 29.3 Å². The van der Waals surface area contributed by atoms with Crippen LogP contribution in [-0.2, 0) is 12.8 Å². The molecule has 0 amide bonds. The Balaban J connectivity index is 1.82. The molecule has 0 atom stereocenters. The Morgan fingerprint density at radius 2 is 2.00 bits per heavy atom. The van der Waals surface area contributed by atoms with E-state index in [9.17, 15) is 0 Å². The Labute approximate surface area is 103 Å². The molecular weight excluding hydrogens is 210 g/mol. The highest BCUT2D eigenvalue weighted by Crippen LogP contribution is 2.43. The van der Waals surface area contributed by atoms with Crippen LogP contribution in [0.4, 0.5) is 0 Å². The fraction of sp³-hybridized carbons (Fsp3) is 0.600. The van der Waals surface area contributed by atoms with Crippen LogP contribution in [-0.4, -0.2) is 12.1 Å². The van der Waals surface area contributed by atoms with Crippen LogP contribution in [0.25, 0.3) is 0 Å². The highest BCUT2D eigenvalue weighted by molar-refractivity contribution is 5.42. The second-order valence-corrected chi connectivity index (χ2v) is 5.50. The summed E-state index contributed by atoms with van der Waals surface area (Å²) >= 11 is 0. The number of ether oxygens (including phenoxy) is 1. The van der Waals surface area contributed by atoms with Crippen LogP contribution in [0.15, 0.2) is 18.2 Å². The van der Waals surface area contributed by atoms with Gasteiger partial charge in [-0.05, 0) is 55.8 Å². The topological polar surface area (TPSA) is 35.2 Å². The van der Waals surface area contributed by atoms with Gasteiger partial charge < -0.3 is 10.5 Å². The van der Waals surface area contributed by atoms with Crippen LogP contribution < -0.4 is 10.5 Å². The predicted molar refractivity (Wildman–Crippen MR) is 69.3 cm³/mol. The lowest BCUT2D eigenvalue weighted by Crippen LogP contribution is -2.36. The van der Waals surface area contributed by atoms with Gasteiger partial charge in [-0.3, -0.25) is 0 Å². The molecule has 1 aromatic rings. The van der Waals surface area contributed by atoms with E-state index in [1.54, 1.807) is 0 Å². The van der Waals surface area contributed by atoms with Gasteiger partial charge in [0.2, 0.25) is 0 Å². The lowest BCUT2D eigenvalue weighted by Gasteiger charge is -2.32. The molecule has 1 aromatic carbocycles. The molecule has 2 heteroatoms. The van der Waals surface area contributed by atoms with Crippen LogP contribution in [0.1, 0.15) is 43.2 Å². The summed E-state index contributed by atoms with van der Waals surface area (Å²) in [6.07, 6.45) is 8.57. The summed E-state index contributed by atoms with van der Waals surface area (Å²) in [5.41, 5.74) is 8.50. The summed E-state index contributed by atoms with van der Waals surface area (Å²) in [5.74, 6) is 1.12. The molecule has 2 nitrogen and oxygen atoms in total. The molecule has 2 aliphatic rings. The first kappa shape index (κ1) is 11.1. The lowest BCUT2D eigenvalue weighted by atomic mass is 9.82. The van der Waals surface area contributed by atoms with E-state index in [0.29, 0.717) is 0 Å². The molecule has 1 aliphatic heterocycles. The average Bonchev–Trinajstić information content (AvgIpc) is 2.67. The maximum atomic E-state index is 6.24. The Bertz CT molecular complexity index is 407. The Morgan fingerprint density at radius 1 is 1.18 bits per heavy atom. The number of rotatable bonds is 2. The maximum Gasteiger partial charge on any atom is 0.123 e. The minimum atomic E-state index is 0.141. The van der Waals surface area contributed by atoms with E-state index >= 15 is 0 Å². The van der Waals surface area contributed by atoms with E-state index in [1.165, 1.54) is 43.2 Å². The van der Waals surface area contributed by atoms with Crippen LogP contribution in [0, 0.1) is 0 Å². The summed E-state index contributed by atoms with van der Waals surface area (Å²) in [4.78, 5) is 0. The standard InChI is InChI=1S/C15H21NO/c16-9-6-12-4-5-14-13(10-12)11-15(17-14)7-2-1-3-8-15/h4-5,10H,1-3,6-9,11,16H2. The van der Waals surface area contributed by atoms with E-state index in [2.05, 4.69) is 18.2 Å². The van der Waals surface area contributed by atoms with Gasteiger partial charge in [-0.25, -0.2) is 0 Å². The molecule has 0 unspecified atom stereocenters. The SMILES string of the molecule is NCCc1ccc2c(c1)CC1(CCCCC1)O2. The predicted octanol–water partition coefficient (Wildman–Crippen LogP) is 2.83. The number of nitrogens with two attached hydrogens (primary N) is 1. The van der Waals surface area contributed by atoms with Gasteiger partial charge >= 0.3 is 0 Å². The summed E-state index contributed by atoms with van der Waals surface area (Å²) in [5, 5.41) is 0. The van der Waals surface area contributed by atoms with Crippen molar-refractivity contribution >= 4 is 0 Å². The van der Waals surface area contributed by atoms with Crippen molar-refractivity contribution in [3.8, 4) is 5.75 Å². The molecule has 1 fully saturated rings. The molecule has 1 aliphatic carbocycles. The first-order valence-electron chi connectivity index (χ1n) is 6.82. The van der Waals surface area contributed by atoms with Crippen molar-refractivity contribution in [2.75, 3.05) is 6.54 Å². The molecule has 17 heavy (non-hydrogen) atoms. The molecule has 0 saturated heterocycles. The largest absolute Gasteiger partial charge is 0.487 e. The fourth-order valence-electron chi connectivity index (χ4n) is 3.28. The lowest BCUT2D eigenvalue weighted by molar-refractivity contribution is 0.0529. The van der Waals surface area contributed by atoms with Crippen LogP contribution in [0.3, 0.4) is 0 Å². The molecule has 0 bridgehead atoms. The molecule has 3 rings (SSSR count). The van der Waals surface area contributed by atoms with Gasteiger partial charge in [0.25, 0.3) is 0 Å². The second-order valence-electron chi connectivity index (χ2n) is 5.50. The van der Waals surface area contributed by atoms with Gasteiger partial charge in [0.1, 0.15) is 11.4 Å². The summed E-state index contributed by atoms with van der Waals surface area (Å²) in [6, 6.07) is 6.60. The van der Waals surface area contributed by atoms with Gasteiger partial charge in [0.05, 0.1) is 0 Å². The van der Waals surface area contributed by atoms with Crippen molar-refractivity contribution in [2.45, 2.75) is 50.5 Å². The highest BCUT2D eigenvalue weighted by atomic mass is 16.5. The normalized spacial score (nSPS) is 21.2. The summed E-state index contributed by atoms with van der Waals surface area (Å²) < 4.78 is 6.24. The molecule has 1 heterocycles. The molecule has 0 radical (unpaired) electrons. The van der Waals surface area contributed by atoms with Crippen molar-refractivity contribution in [3.63, 3.8) is 0 Å². The fourth-order valence-corrected chi connectivity index (χ4v) is 3.28. The van der Waals surface area contributed by atoms with Gasteiger partial charge in [0, 0.05) is 6.42 Å². The third-order valence-electron chi connectivity index (χ3n) is 4.16. The van der Waals surface area contributed by atoms with E-state index in [-0.39, 0.29) is 5.60 Å². The first-order chi connectivity index (χ1) is 8.31. The van der Waals surface area contributed by atoms with E-state index in [0.717, 1.165) is 25.1 Å². The van der Waals surface area contributed by atoms with Crippen LogP contribution in [0.2, 0.25) is 0 Å². The van der Waals surface area contributed by atoms with Gasteiger partial charge in [0.15, 0.2) is 0 Å². The van der Waals surface area contributed by atoms with Crippen molar-refractivity contribution < 1.29 is 4.74 Å². The molecule has 2 N–H and O–H groups in total. The zero-order chi connectivity index (χ0) is 11.7. The summed E-state index contributed by atoms with van der Waals surface area (Å²) in [7, 11) is 0. The molecule has 1 saturated carbocycles. The van der Waals surface area contributed by atoms with Crippen molar-refractivity contribution in [1.82, 2.24) is 0 Å². The quantitative estimate of drug-likeness (QED) is 0.849. The minimum Gasteiger partial charge on any atom is -0.487 e. The van der Waals surface area contributed by atoms with Gasteiger partial charge in [-0.1, -0.05) is 18.6 Å². The van der Waals surface area contributed by atoms with E-state index in [4.69, 9.17) is 10.5 Å². The molecule has 92 valence electrons. The van der Waals surface area contributed by atoms with Crippen LogP contribution >= 0.6 is 0 Å². The number of hydrogen-bond donors (Lipinski definition) is 1. The van der Waals surface area contributed by atoms with E-state index in [1.807, 2.05) is 0 Å². The van der Waals surface area contributed by atoms with Crippen molar-refractivity contribution in [2.24, 2.45) is 5.73 Å². The van der Waals surface area contributed by atoms with E-state index < -0.39 is 0 Å². The highest BCUT2D eigenvalue weighted by Gasteiger charge is 2.39. The third-order valence-corrected chi connectivity index (χ3v) is 4.16. The number of fused-ring (bicyclic) bond motifs is 1. The Kier molecular flexibility index (Phi) is 2.83. The Hall–Kier alpha value is -1.02. The molecular formula is C15H21NO. The average molecular weight is 231 g/mol. The minimum absolute atomic E-state index is 0.141. The molecule has 1 spiro atoms. The molecule has 0 aromatic heterocycles.